The van der Waals surface area contributed by atoms with E-state index in [1.54, 1.807) is 29.1 Å². The van der Waals surface area contributed by atoms with Crippen molar-refractivity contribution in [2.45, 2.75) is 19.9 Å². The van der Waals surface area contributed by atoms with Gasteiger partial charge in [0.05, 0.1) is 17.9 Å². The van der Waals surface area contributed by atoms with Crippen LogP contribution in [0, 0.1) is 0 Å². The molecule has 2 N–H and O–H groups in total. The third kappa shape index (κ3) is 4.13. The Morgan fingerprint density at radius 3 is 2.50 bits per heavy atom. The highest BCUT2D eigenvalue weighted by Crippen LogP contribution is 2.13. The number of carbonyl (C=O) groups excluding carboxylic acids is 2. The highest BCUT2D eigenvalue weighted by molar-refractivity contribution is 5.92. The Balaban J connectivity index is 1.69. The molecule has 132 valence electrons. The van der Waals surface area contributed by atoms with Gasteiger partial charge >= 0.3 is 0 Å². The van der Waals surface area contributed by atoms with Gasteiger partial charge in [-0.25, -0.2) is 9.97 Å². The van der Waals surface area contributed by atoms with Crippen molar-refractivity contribution in [3.8, 4) is 5.82 Å². The van der Waals surface area contributed by atoms with Gasteiger partial charge in [0.25, 0.3) is 5.91 Å². The molecule has 3 aromatic rings. The second kappa shape index (κ2) is 7.60. The van der Waals surface area contributed by atoms with Crippen LogP contribution >= 0.6 is 0 Å². The number of imidazole rings is 1. The van der Waals surface area contributed by atoms with Crippen LogP contribution < -0.4 is 10.6 Å². The molecule has 3 rings (SSSR count). The molecular weight excluding hydrogens is 330 g/mol. The van der Waals surface area contributed by atoms with Crippen molar-refractivity contribution in [3.05, 3.63) is 72.4 Å². The largest absolute Gasteiger partial charge is 0.344 e. The van der Waals surface area contributed by atoms with Crippen molar-refractivity contribution < 1.29 is 9.59 Å². The molecule has 2 aromatic heterocycles. The smallest absolute Gasteiger partial charge is 0.271 e. The Hall–Kier alpha value is -3.48. The molecule has 0 aliphatic rings. The van der Waals surface area contributed by atoms with Crippen molar-refractivity contribution in [2.24, 2.45) is 0 Å². The molecule has 2 heterocycles. The number of anilines is 1. The maximum atomic E-state index is 12.4. The van der Waals surface area contributed by atoms with Gasteiger partial charge in [-0.2, -0.15) is 0 Å². The lowest BCUT2D eigenvalue weighted by molar-refractivity contribution is -0.114. The van der Waals surface area contributed by atoms with E-state index in [0.717, 1.165) is 5.56 Å². The first-order valence-corrected chi connectivity index (χ1v) is 8.17. The van der Waals surface area contributed by atoms with Crippen LogP contribution in [-0.4, -0.2) is 26.3 Å². The summed E-state index contributed by atoms with van der Waals surface area (Å²) in [6, 6.07) is 13.1. The standard InChI is InChI=1S/C19H19N5O2/c1-13(15-6-4-3-5-7-15)22-19(26)17-11-24(12-21-17)18-9-8-16(10-20-18)23-14(2)25/h3-13H,1-2H3,(H,22,26)(H,23,25)/t13-/m1/s1. The molecule has 7 heteroatoms. The number of hydrogen-bond donors (Lipinski definition) is 2. The first-order chi connectivity index (χ1) is 12.5. The second-order valence-corrected chi connectivity index (χ2v) is 5.86. The lowest BCUT2D eigenvalue weighted by Gasteiger charge is -2.13. The fourth-order valence-electron chi connectivity index (χ4n) is 2.48. The average molecular weight is 349 g/mol. The number of aromatic nitrogens is 3. The molecule has 1 aromatic carbocycles. The van der Waals surface area contributed by atoms with Gasteiger partial charge in [0, 0.05) is 13.1 Å². The first-order valence-electron chi connectivity index (χ1n) is 8.17. The lowest BCUT2D eigenvalue weighted by Crippen LogP contribution is -2.26. The minimum absolute atomic E-state index is 0.121. The minimum atomic E-state index is -0.255. The van der Waals surface area contributed by atoms with E-state index in [1.807, 2.05) is 37.3 Å². The first kappa shape index (κ1) is 17.3. The second-order valence-electron chi connectivity index (χ2n) is 5.86. The number of carbonyl (C=O) groups is 2. The van der Waals surface area contributed by atoms with Crippen molar-refractivity contribution >= 4 is 17.5 Å². The highest BCUT2D eigenvalue weighted by Gasteiger charge is 2.14. The number of amides is 2. The summed E-state index contributed by atoms with van der Waals surface area (Å²) in [5, 5.41) is 5.58. The molecule has 0 bridgehead atoms. The fourth-order valence-corrected chi connectivity index (χ4v) is 2.48. The Morgan fingerprint density at radius 1 is 1.08 bits per heavy atom. The summed E-state index contributed by atoms with van der Waals surface area (Å²) in [4.78, 5) is 31.8. The van der Waals surface area contributed by atoms with Crippen LogP contribution in [0.4, 0.5) is 5.69 Å². The van der Waals surface area contributed by atoms with E-state index in [2.05, 4.69) is 20.6 Å². The van der Waals surface area contributed by atoms with E-state index in [9.17, 15) is 9.59 Å². The van der Waals surface area contributed by atoms with Gasteiger partial charge in [-0.05, 0) is 24.6 Å². The summed E-state index contributed by atoms with van der Waals surface area (Å²) in [5.74, 6) is 0.186. The van der Waals surface area contributed by atoms with Crippen LogP contribution in [0.25, 0.3) is 5.82 Å². The molecule has 0 spiro atoms. The SMILES string of the molecule is CC(=O)Nc1ccc(-n2cnc(C(=O)N[C@H](C)c3ccccc3)c2)nc1. The van der Waals surface area contributed by atoms with Gasteiger partial charge < -0.3 is 10.6 Å². The minimum Gasteiger partial charge on any atom is -0.344 e. The molecule has 2 amide bonds. The lowest BCUT2D eigenvalue weighted by atomic mass is 10.1. The van der Waals surface area contributed by atoms with Crippen LogP contribution in [-0.2, 0) is 4.79 Å². The number of hydrogen-bond acceptors (Lipinski definition) is 4. The number of nitrogens with one attached hydrogen (secondary N) is 2. The molecule has 26 heavy (non-hydrogen) atoms. The van der Waals surface area contributed by atoms with Crippen molar-refractivity contribution in [3.63, 3.8) is 0 Å². The van der Waals surface area contributed by atoms with E-state index in [0.29, 0.717) is 17.2 Å². The molecule has 0 fully saturated rings. The van der Waals surface area contributed by atoms with Crippen LogP contribution in [0.5, 0.6) is 0 Å². The third-order valence-corrected chi connectivity index (χ3v) is 3.80. The molecule has 0 aliphatic heterocycles. The monoisotopic (exact) mass is 349 g/mol. The van der Waals surface area contributed by atoms with Crippen LogP contribution in [0.2, 0.25) is 0 Å². The fraction of sp³-hybridized carbons (Fsp3) is 0.158. The van der Waals surface area contributed by atoms with Crippen LogP contribution in [0.15, 0.2) is 61.2 Å². The van der Waals surface area contributed by atoms with Gasteiger partial charge in [0.2, 0.25) is 5.91 Å². The number of benzene rings is 1. The molecule has 0 saturated heterocycles. The molecular formula is C19H19N5O2. The van der Waals surface area contributed by atoms with E-state index >= 15 is 0 Å². The Kier molecular flexibility index (Phi) is 5.07. The average Bonchev–Trinajstić information content (AvgIpc) is 3.13. The summed E-state index contributed by atoms with van der Waals surface area (Å²) in [6.07, 6.45) is 4.70. The molecule has 0 saturated carbocycles. The molecule has 0 unspecified atom stereocenters. The predicted octanol–water partition coefficient (Wildman–Crippen LogP) is 2.72. The number of pyridine rings is 1. The topological polar surface area (TPSA) is 88.9 Å². The summed E-state index contributed by atoms with van der Waals surface area (Å²) < 4.78 is 1.65. The van der Waals surface area contributed by atoms with Gasteiger partial charge in [0.15, 0.2) is 0 Å². The van der Waals surface area contributed by atoms with Gasteiger partial charge in [-0.15, -0.1) is 0 Å². The van der Waals surface area contributed by atoms with Crippen molar-refractivity contribution in [1.29, 1.82) is 0 Å². The van der Waals surface area contributed by atoms with E-state index in [1.165, 1.54) is 13.3 Å². The zero-order valence-corrected chi connectivity index (χ0v) is 14.5. The van der Waals surface area contributed by atoms with Crippen LogP contribution in [0.1, 0.15) is 35.9 Å². The third-order valence-electron chi connectivity index (χ3n) is 3.80. The van der Waals surface area contributed by atoms with Crippen molar-refractivity contribution in [1.82, 2.24) is 19.9 Å². The Morgan fingerprint density at radius 2 is 1.85 bits per heavy atom. The zero-order chi connectivity index (χ0) is 18.5. The predicted molar refractivity (Wildman–Crippen MR) is 98.0 cm³/mol. The normalized spacial score (nSPS) is 11.6. The quantitative estimate of drug-likeness (QED) is 0.741. The van der Waals surface area contributed by atoms with E-state index in [4.69, 9.17) is 0 Å². The summed E-state index contributed by atoms with van der Waals surface area (Å²) in [7, 11) is 0. The molecule has 7 nitrogen and oxygen atoms in total. The van der Waals surface area contributed by atoms with Crippen LogP contribution in [0.3, 0.4) is 0 Å². The van der Waals surface area contributed by atoms with Gasteiger partial charge in [-0.1, -0.05) is 30.3 Å². The molecule has 0 aliphatic carbocycles. The maximum Gasteiger partial charge on any atom is 0.271 e. The zero-order valence-electron chi connectivity index (χ0n) is 14.5. The van der Waals surface area contributed by atoms with E-state index in [-0.39, 0.29) is 17.9 Å². The highest BCUT2D eigenvalue weighted by atomic mass is 16.2. The number of rotatable bonds is 5. The summed E-state index contributed by atoms with van der Waals surface area (Å²) in [5.41, 5.74) is 1.94. The van der Waals surface area contributed by atoms with Crippen molar-refractivity contribution in [2.75, 3.05) is 5.32 Å². The summed E-state index contributed by atoms with van der Waals surface area (Å²) >= 11 is 0. The van der Waals surface area contributed by atoms with Gasteiger partial charge in [0.1, 0.15) is 17.8 Å². The maximum absolute atomic E-state index is 12.4. The molecule has 1 atom stereocenters. The molecule has 0 radical (unpaired) electrons. The number of nitrogens with zero attached hydrogens (tertiary/aromatic N) is 3. The Labute approximate surface area is 151 Å². The Bertz CT molecular complexity index is 903. The summed E-state index contributed by atoms with van der Waals surface area (Å²) in [6.45, 7) is 3.36. The van der Waals surface area contributed by atoms with E-state index < -0.39 is 0 Å². The van der Waals surface area contributed by atoms with Gasteiger partial charge in [-0.3, -0.25) is 14.2 Å².